The minimum Gasteiger partial charge on any atom is -0.447 e. The fraction of sp³-hybridized carbons (Fsp3) is 0.917. The number of nitrogens with zero attached hydrogens (tertiary/aromatic N) is 1. The summed E-state index contributed by atoms with van der Waals surface area (Å²) >= 11 is 0. The first-order valence-electron chi connectivity index (χ1n) is 6.20. The monoisotopic (exact) mass is 229 g/mol. The summed E-state index contributed by atoms with van der Waals surface area (Å²) in [5, 5.41) is 8.75. The third-order valence-corrected chi connectivity index (χ3v) is 2.98. The largest absolute Gasteiger partial charge is 0.447 e. The Morgan fingerprint density at radius 2 is 2.06 bits per heavy atom. The second kappa shape index (κ2) is 6.74. The van der Waals surface area contributed by atoms with Crippen LogP contribution in [-0.4, -0.2) is 41.9 Å². The summed E-state index contributed by atoms with van der Waals surface area (Å²) in [6, 6.07) is 0. The molecule has 0 bridgehead atoms. The molecule has 0 spiro atoms. The van der Waals surface area contributed by atoms with Crippen molar-refractivity contribution >= 4 is 6.09 Å². The van der Waals surface area contributed by atoms with Gasteiger partial charge in [0.15, 0.2) is 0 Å². The van der Waals surface area contributed by atoms with Crippen LogP contribution in [0.1, 0.15) is 39.5 Å². The lowest BCUT2D eigenvalue weighted by atomic mass is 9.92. The van der Waals surface area contributed by atoms with Crippen molar-refractivity contribution in [2.75, 3.05) is 19.7 Å². The van der Waals surface area contributed by atoms with E-state index in [9.17, 15) is 4.79 Å². The number of piperidine rings is 1. The zero-order chi connectivity index (χ0) is 12.0. The van der Waals surface area contributed by atoms with Crippen LogP contribution in [0.15, 0.2) is 0 Å². The van der Waals surface area contributed by atoms with Crippen LogP contribution >= 0.6 is 0 Å². The smallest absolute Gasteiger partial charge is 0.410 e. The van der Waals surface area contributed by atoms with E-state index in [1.807, 2.05) is 13.8 Å². The van der Waals surface area contributed by atoms with Crippen LogP contribution in [0, 0.1) is 5.92 Å². The van der Waals surface area contributed by atoms with Gasteiger partial charge in [0.1, 0.15) is 0 Å². The maximum atomic E-state index is 11.6. The van der Waals surface area contributed by atoms with Crippen molar-refractivity contribution in [3.8, 4) is 0 Å². The van der Waals surface area contributed by atoms with Crippen molar-refractivity contribution in [1.82, 2.24) is 4.90 Å². The van der Waals surface area contributed by atoms with Gasteiger partial charge in [0.25, 0.3) is 0 Å². The number of aliphatic hydroxyl groups is 1. The van der Waals surface area contributed by atoms with Crippen molar-refractivity contribution < 1.29 is 14.6 Å². The van der Waals surface area contributed by atoms with E-state index in [0.717, 1.165) is 38.8 Å². The molecule has 0 unspecified atom stereocenters. The van der Waals surface area contributed by atoms with E-state index in [1.54, 1.807) is 4.90 Å². The van der Waals surface area contributed by atoms with Gasteiger partial charge in [-0.15, -0.1) is 0 Å². The maximum Gasteiger partial charge on any atom is 0.410 e. The maximum absolute atomic E-state index is 11.6. The summed E-state index contributed by atoms with van der Waals surface area (Å²) in [5.74, 6) is 0.662. The summed E-state index contributed by atoms with van der Waals surface area (Å²) < 4.78 is 5.15. The van der Waals surface area contributed by atoms with E-state index in [2.05, 4.69) is 0 Å². The van der Waals surface area contributed by atoms with Gasteiger partial charge in [-0.05, 0) is 45.4 Å². The molecule has 1 saturated heterocycles. The molecule has 94 valence electrons. The number of likely N-dealkylation sites (tertiary alicyclic amines) is 1. The molecule has 1 aliphatic heterocycles. The molecule has 0 aromatic heterocycles. The van der Waals surface area contributed by atoms with E-state index >= 15 is 0 Å². The molecule has 1 aliphatic rings. The molecule has 0 atom stereocenters. The Balaban J connectivity index is 2.23. The van der Waals surface area contributed by atoms with Gasteiger partial charge in [0.2, 0.25) is 0 Å². The number of carbonyl (C=O) groups is 1. The Labute approximate surface area is 97.6 Å². The number of hydrogen-bond acceptors (Lipinski definition) is 3. The van der Waals surface area contributed by atoms with Crippen molar-refractivity contribution in [1.29, 1.82) is 0 Å². The molecular formula is C12H23NO3. The Morgan fingerprint density at radius 3 is 2.56 bits per heavy atom. The molecule has 1 amide bonds. The Bertz CT molecular complexity index is 210. The highest BCUT2D eigenvalue weighted by molar-refractivity contribution is 5.67. The first-order chi connectivity index (χ1) is 7.63. The number of amides is 1. The highest BCUT2D eigenvalue weighted by Crippen LogP contribution is 2.22. The Morgan fingerprint density at radius 1 is 1.44 bits per heavy atom. The van der Waals surface area contributed by atoms with Gasteiger partial charge in [-0.25, -0.2) is 4.79 Å². The van der Waals surface area contributed by atoms with Gasteiger partial charge in [-0.3, -0.25) is 0 Å². The van der Waals surface area contributed by atoms with Crippen LogP contribution in [0.4, 0.5) is 4.79 Å². The lowest BCUT2D eigenvalue weighted by Gasteiger charge is -2.31. The number of ether oxygens (including phenoxy) is 1. The molecule has 0 aromatic carbocycles. The van der Waals surface area contributed by atoms with Crippen molar-refractivity contribution in [3.05, 3.63) is 0 Å². The summed E-state index contributed by atoms with van der Waals surface area (Å²) in [4.78, 5) is 13.4. The van der Waals surface area contributed by atoms with Gasteiger partial charge in [0.05, 0.1) is 6.10 Å². The number of carbonyl (C=O) groups excluding carboxylic acids is 1. The Kier molecular flexibility index (Phi) is 5.60. The lowest BCUT2D eigenvalue weighted by molar-refractivity contribution is 0.0642. The van der Waals surface area contributed by atoms with Crippen LogP contribution < -0.4 is 0 Å². The van der Waals surface area contributed by atoms with Gasteiger partial charge < -0.3 is 14.7 Å². The van der Waals surface area contributed by atoms with E-state index in [4.69, 9.17) is 9.84 Å². The van der Waals surface area contributed by atoms with E-state index in [1.165, 1.54) is 0 Å². The minimum absolute atomic E-state index is 0.0420. The van der Waals surface area contributed by atoms with Crippen LogP contribution in [-0.2, 0) is 4.74 Å². The van der Waals surface area contributed by atoms with Gasteiger partial charge >= 0.3 is 6.09 Å². The summed E-state index contributed by atoms with van der Waals surface area (Å²) in [6.45, 7) is 5.59. The van der Waals surface area contributed by atoms with E-state index in [0.29, 0.717) is 5.92 Å². The first-order valence-corrected chi connectivity index (χ1v) is 6.20. The molecule has 1 rings (SSSR count). The van der Waals surface area contributed by atoms with E-state index < -0.39 is 0 Å². The second-order valence-electron chi connectivity index (χ2n) is 4.73. The van der Waals surface area contributed by atoms with Gasteiger partial charge in [-0.1, -0.05) is 0 Å². The van der Waals surface area contributed by atoms with Gasteiger partial charge in [0, 0.05) is 19.7 Å². The third-order valence-electron chi connectivity index (χ3n) is 2.98. The fourth-order valence-corrected chi connectivity index (χ4v) is 2.06. The fourth-order valence-electron chi connectivity index (χ4n) is 2.06. The lowest BCUT2D eigenvalue weighted by Crippen LogP contribution is -2.39. The molecular weight excluding hydrogens is 206 g/mol. The molecule has 0 aliphatic carbocycles. The standard InChI is InChI=1S/C12H23NO3/c1-10(2)16-12(15)13-7-5-11(6-8-13)4-3-9-14/h10-11,14H,3-9H2,1-2H3. The predicted octanol–water partition coefficient (Wildman–Crippen LogP) is 2.02. The normalized spacial score (nSPS) is 17.9. The molecule has 4 heteroatoms. The zero-order valence-electron chi connectivity index (χ0n) is 10.3. The predicted molar refractivity (Wildman–Crippen MR) is 62.2 cm³/mol. The summed E-state index contributed by atoms with van der Waals surface area (Å²) in [7, 11) is 0. The molecule has 0 aromatic rings. The van der Waals surface area contributed by atoms with Crippen LogP contribution in [0.5, 0.6) is 0 Å². The average Bonchev–Trinajstić information content (AvgIpc) is 2.26. The Hall–Kier alpha value is -0.770. The summed E-state index contributed by atoms with van der Waals surface area (Å²) in [5.41, 5.74) is 0. The number of aliphatic hydroxyl groups excluding tert-OH is 1. The first kappa shape index (κ1) is 13.3. The van der Waals surface area contributed by atoms with Crippen molar-refractivity contribution in [2.24, 2.45) is 5.92 Å². The number of rotatable bonds is 4. The second-order valence-corrected chi connectivity index (χ2v) is 4.73. The van der Waals surface area contributed by atoms with Crippen molar-refractivity contribution in [3.63, 3.8) is 0 Å². The molecule has 1 N–H and O–H groups in total. The molecule has 16 heavy (non-hydrogen) atoms. The molecule has 0 saturated carbocycles. The molecule has 0 radical (unpaired) electrons. The SMILES string of the molecule is CC(C)OC(=O)N1CCC(CCCO)CC1. The van der Waals surface area contributed by atoms with Crippen LogP contribution in [0.3, 0.4) is 0 Å². The third kappa shape index (κ3) is 4.39. The topological polar surface area (TPSA) is 49.8 Å². The quantitative estimate of drug-likeness (QED) is 0.802. The summed E-state index contributed by atoms with van der Waals surface area (Å²) in [6.07, 6.45) is 3.79. The number of hydrogen-bond donors (Lipinski definition) is 1. The zero-order valence-corrected chi connectivity index (χ0v) is 10.3. The molecule has 4 nitrogen and oxygen atoms in total. The minimum atomic E-state index is -0.185. The highest BCUT2D eigenvalue weighted by Gasteiger charge is 2.23. The van der Waals surface area contributed by atoms with Crippen molar-refractivity contribution in [2.45, 2.75) is 45.6 Å². The van der Waals surface area contributed by atoms with Crippen LogP contribution in [0.2, 0.25) is 0 Å². The van der Waals surface area contributed by atoms with Gasteiger partial charge in [-0.2, -0.15) is 0 Å². The molecule has 1 fully saturated rings. The molecule has 1 heterocycles. The van der Waals surface area contributed by atoms with E-state index in [-0.39, 0.29) is 18.8 Å². The van der Waals surface area contributed by atoms with Crippen LogP contribution in [0.25, 0.3) is 0 Å². The average molecular weight is 229 g/mol. The highest BCUT2D eigenvalue weighted by atomic mass is 16.6.